The Bertz CT molecular complexity index is 418. The van der Waals surface area contributed by atoms with Crippen LogP contribution in [0.25, 0.3) is 0 Å². The van der Waals surface area contributed by atoms with Crippen LogP contribution in [0.4, 0.5) is 4.79 Å². The van der Waals surface area contributed by atoms with Crippen LogP contribution in [0.3, 0.4) is 0 Å². The second kappa shape index (κ2) is 4.16. The highest BCUT2D eigenvalue weighted by Gasteiger charge is 2.63. The molecule has 1 saturated carbocycles. The van der Waals surface area contributed by atoms with E-state index in [2.05, 4.69) is 6.58 Å². The van der Waals surface area contributed by atoms with Gasteiger partial charge in [0.05, 0.1) is 0 Å². The second-order valence-electron chi connectivity index (χ2n) is 5.44. The number of carboxylic acid groups (broad SMARTS) is 2. The summed E-state index contributed by atoms with van der Waals surface area (Å²) in [6.07, 6.45) is 1.10. The maximum atomic E-state index is 11.6. The fourth-order valence-electron chi connectivity index (χ4n) is 2.91. The first-order valence-electron chi connectivity index (χ1n) is 5.82. The highest BCUT2D eigenvalue weighted by molar-refractivity contribution is 6.19. The number of amides is 1. The van der Waals surface area contributed by atoms with Gasteiger partial charge in [0.15, 0.2) is 0 Å². The normalized spacial score (nSPS) is 28.4. The van der Waals surface area contributed by atoms with Crippen molar-refractivity contribution in [1.82, 2.24) is 4.90 Å². The molecule has 1 amide bonds. The van der Waals surface area contributed by atoms with E-state index in [1.54, 1.807) is 0 Å². The Morgan fingerprint density at radius 3 is 2.33 bits per heavy atom. The molecule has 0 radical (unpaired) electrons. The fraction of sp³-hybridized carbons (Fsp3) is 0.667. The maximum absolute atomic E-state index is 11.6. The number of hydrogen-bond acceptors (Lipinski definition) is 2. The van der Waals surface area contributed by atoms with Crippen LogP contribution in [0.15, 0.2) is 12.2 Å². The molecule has 0 aromatic carbocycles. The van der Waals surface area contributed by atoms with Gasteiger partial charge in [-0.1, -0.05) is 12.2 Å². The van der Waals surface area contributed by atoms with Crippen molar-refractivity contribution in [2.24, 2.45) is 5.41 Å². The Hall–Kier alpha value is -1.23. The minimum atomic E-state index is -1.38. The molecule has 6 heteroatoms. The summed E-state index contributed by atoms with van der Waals surface area (Å²) in [4.78, 5) is 24.0. The molecular formula is C12H16ClNO4. The van der Waals surface area contributed by atoms with Gasteiger partial charge in [0.25, 0.3) is 0 Å². The molecule has 18 heavy (non-hydrogen) atoms. The summed E-state index contributed by atoms with van der Waals surface area (Å²) in [7, 11) is 0. The third kappa shape index (κ3) is 1.96. The van der Waals surface area contributed by atoms with E-state index in [0.717, 1.165) is 17.7 Å². The van der Waals surface area contributed by atoms with Gasteiger partial charge < -0.3 is 10.2 Å². The predicted octanol–water partition coefficient (Wildman–Crippen LogP) is 2.16. The van der Waals surface area contributed by atoms with Crippen molar-refractivity contribution in [3.05, 3.63) is 12.2 Å². The van der Waals surface area contributed by atoms with Gasteiger partial charge in [-0.25, -0.2) is 9.59 Å². The van der Waals surface area contributed by atoms with E-state index in [-0.39, 0.29) is 17.7 Å². The average Bonchev–Trinajstić information content (AvgIpc) is 2.94. The lowest BCUT2D eigenvalue weighted by atomic mass is 9.85. The number of halogens is 1. The van der Waals surface area contributed by atoms with Gasteiger partial charge in [-0.2, -0.15) is 0 Å². The van der Waals surface area contributed by atoms with Crippen molar-refractivity contribution < 1.29 is 19.8 Å². The molecule has 100 valence electrons. The zero-order valence-corrected chi connectivity index (χ0v) is 10.7. The number of carbonyl (C=O) groups is 2. The minimum Gasteiger partial charge on any atom is -0.479 e. The van der Waals surface area contributed by atoms with Crippen LogP contribution in [0.5, 0.6) is 0 Å². The van der Waals surface area contributed by atoms with Crippen molar-refractivity contribution in [1.29, 1.82) is 0 Å². The summed E-state index contributed by atoms with van der Waals surface area (Å²) in [5, 5.41) is 18.7. The molecule has 0 bridgehead atoms. The topological polar surface area (TPSA) is 77.8 Å². The van der Waals surface area contributed by atoms with Crippen molar-refractivity contribution in [3.8, 4) is 0 Å². The van der Waals surface area contributed by atoms with Gasteiger partial charge in [0.1, 0.15) is 5.54 Å². The Balaban J connectivity index is 2.34. The first kappa shape index (κ1) is 13.2. The molecule has 2 rings (SSSR count). The maximum Gasteiger partial charge on any atom is 0.408 e. The summed E-state index contributed by atoms with van der Waals surface area (Å²) >= 11 is 5.65. The van der Waals surface area contributed by atoms with E-state index in [4.69, 9.17) is 11.6 Å². The molecule has 1 heterocycles. The highest BCUT2D eigenvalue weighted by atomic mass is 35.5. The van der Waals surface area contributed by atoms with Crippen molar-refractivity contribution in [3.63, 3.8) is 0 Å². The van der Waals surface area contributed by atoms with Crippen LogP contribution < -0.4 is 0 Å². The Kier molecular flexibility index (Phi) is 3.05. The fourth-order valence-corrected chi connectivity index (χ4v) is 3.00. The number of aliphatic carboxylic acids is 1. The molecule has 2 N–H and O–H groups in total. The number of likely N-dealkylation sites (tertiary alicyclic amines) is 1. The van der Waals surface area contributed by atoms with Gasteiger partial charge in [-0.05, 0) is 24.7 Å². The van der Waals surface area contributed by atoms with E-state index < -0.39 is 17.6 Å². The van der Waals surface area contributed by atoms with E-state index >= 15 is 0 Å². The summed E-state index contributed by atoms with van der Waals surface area (Å²) < 4.78 is 0. The molecule has 0 aromatic heterocycles. The molecule has 1 aliphatic heterocycles. The minimum absolute atomic E-state index is 0.0971. The number of nitrogens with zero attached hydrogens (tertiary/aromatic N) is 1. The van der Waals surface area contributed by atoms with Crippen LogP contribution in [0.1, 0.15) is 25.7 Å². The van der Waals surface area contributed by atoms with E-state index in [0.29, 0.717) is 18.5 Å². The summed E-state index contributed by atoms with van der Waals surface area (Å²) in [6.45, 7) is 4.02. The van der Waals surface area contributed by atoms with E-state index in [1.165, 1.54) is 0 Å². The third-order valence-electron chi connectivity index (χ3n) is 4.00. The molecule has 2 fully saturated rings. The molecule has 0 unspecified atom stereocenters. The molecule has 5 nitrogen and oxygen atoms in total. The Labute approximate surface area is 110 Å². The lowest BCUT2D eigenvalue weighted by Gasteiger charge is -2.33. The van der Waals surface area contributed by atoms with Crippen molar-refractivity contribution in [2.45, 2.75) is 31.2 Å². The second-order valence-corrected chi connectivity index (χ2v) is 5.71. The lowest BCUT2D eigenvalue weighted by Crippen LogP contribution is -2.53. The zero-order chi connectivity index (χ0) is 13.6. The SMILES string of the molecule is C=C(CCl)C[C@@]1(C(=O)O)CC2(CC2)CN1C(=O)O. The quantitative estimate of drug-likeness (QED) is 0.608. The van der Waals surface area contributed by atoms with Crippen LogP contribution in [-0.2, 0) is 4.79 Å². The molecule has 1 atom stereocenters. The first-order chi connectivity index (χ1) is 8.35. The van der Waals surface area contributed by atoms with Gasteiger partial charge >= 0.3 is 12.1 Å². The first-order valence-corrected chi connectivity index (χ1v) is 6.35. The Morgan fingerprint density at radius 2 is 1.94 bits per heavy atom. The third-order valence-corrected chi connectivity index (χ3v) is 4.37. The van der Waals surface area contributed by atoms with Crippen LogP contribution >= 0.6 is 11.6 Å². The zero-order valence-electron chi connectivity index (χ0n) is 9.99. The molecule has 1 spiro atoms. The molecular weight excluding hydrogens is 258 g/mol. The Morgan fingerprint density at radius 1 is 1.33 bits per heavy atom. The predicted molar refractivity (Wildman–Crippen MR) is 65.9 cm³/mol. The molecule has 2 aliphatic rings. The smallest absolute Gasteiger partial charge is 0.408 e. The molecule has 1 saturated heterocycles. The number of alkyl halides is 1. The van der Waals surface area contributed by atoms with E-state index in [9.17, 15) is 19.8 Å². The van der Waals surface area contributed by atoms with Gasteiger partial charge in [-0.3, -0.25) is 4.90 Å². The molecule has 1 aliphatic carbocycles. The average molecular weight is 274 g/mol. The standard InChI is InChI=1S/C12H16ClNO4/c1-8(5-13)4-12(9(15)16)6-11(2-3-11)7-14(12)10(17)18/h1-7H2,(H,15,16)(H,17,18)/t12-/m0/s1. The number of rotatable bonds is 4. The number of carboxylic acids is 1. The van der Waals surface area contributed by atoms with Gasteiger partial charge in [-0.15, -0.1) is 11.6 Å². The van der Waals surface area contributed by atoms with Crippen LogP contribution in [-0.4, -0.2) is 45.1 Å². The van der Waals surface area contributed by atoms with Crippen LogP contribution in [0, 0.1) is 5.41 Å². The summed E-state index contributed by atoms with van der Waals surface area (Å²) in [6, 6.07) is 0. The van der Waals surface area contributed by atoms with Crippen molar-refractivity contribution >= 4 is 23.7 Å². The van der Waals surface area contributed by atoms with Gasteiger partial charge in [0, 0.05) is 18.8 Å². The number of hydrogen-bond donors (Lipinski definition) is 2. The summed E-state index contributed by atoms with van der Waals surface area (Å²) in [5.74, 6) is -0.949. The largest absolute Gasteiger partial charge is 0.479 e. The lowest BCUT2D eigenvalue weighted by molar-refractivity contribution is -0.148. The molecule has 0 aromatic rings. The monoisotopic (exact) mass is 273 g/mol. The van der Waals surface area contributed by atoms with Crippen LogP contribution in [0.2, 0.25) is 0 Å². The highest BCUT2D eigenvalue weighted by Crippen LogP contribution is 2.59. The summed E-state index contributed by atoms with van der Waals surface area (Å²) in [5.41, 5.74) is -0.944. The van der Waals surface area contributed by atoms with Crippen molar-refractivity contribution in [2.75, 3.05) is 12.4 Å². The van der Waals surface area contributed by atoms with Gasteiger partial charge in [0.2, 0.25) is 0 Å². The van der Waals surface area contributed by atoms with E-state index in [1.807, 2.05) is 0 Å².